The molecule has 15 heavy (non-hydrogen) atoms. The van der Waals surface area contributed by atoms with Crippen LogP contribution in [0, 0.1) is 6.92 Å². The van der Waals surface area contributed by atoms with Crippen molar-refractivity contribution in [2.24, 2.45) is 0 Å². The van der Waals surface area contributed by atoms with Gasteiger partial charge in [-0.05, 0) is 32.6 Å². The molecule has 1 N–H and O–H groups in total. The van der Waals surface area contributed by atoms with Crippen molar-refractivity contribution in [2.75, 3.05) is 0 Å². The van der Waals surface area contributed by atoms with Crippen molar-refractivity contribution in [1.29, 1.82) is 0 Å². The molecule has 1 aromatic heterocycles. The first kappa shape index (κ1) is 10.4. The normalized spacial score (nSPS) is 16.9. The third-order valence-electron chi connectivity index (χ3n) is 2.48. The molecule has 0 unspecified atom stereocenters. The molecular formula is C10H13NO3S. The fraction of sp³-hybridized carbons (Fsp3) is 0.600. The van der Waals surface area contributed by atoms with Crippen molar-refractivity contribution in [1.82, 2.24) is 4.98 Å². The maximum Gasteiger partial charge on any atom is 0.351 e. The third kappa shape index (κ3) is 2.28. The summed E-state index contributed by atoms with van der Waals surface area (Å²) in [5, 5.41) is 9.68. The van der Waals surface area contributed by atoms with Crippen LogP contribution in [0.2, 0.25) is 0 Å². The highest BCUT2D eigenvalue weighted by Crippen LogP contribution is 2.29. The Morgan fingerprint density at radius 2 is 2.20 bits per heavy atom. The van der Waals surface area contributed by atoms with Gasteiger partial charge in [-0.1, -0.05) is 0 Å². The van der Waals surface area contributed by atoms with E-state index in [4.69, 9.17) is 9.84 Å². The summed E-state index contributed by atoms with van der Waals surface area (Å²) in [6, 6.07) is 0. The van der Waals surface area contributed by atoms with Crippen LogP contribution in [0.5, 0.6) is 5.88 Å². The number of carbonyl (C=O) groups is 1. The van der Waals surface area contributed by atoms with Crippen LogP contribution >= 0.6 is 11.3 Å². The number of aryl methyl sites for hydroxylation is 1. The van der Waals surface area contributed by atoms with E-state index in [-0.39, 0.29) is 11.0 Å². The zero-order valence-corrected chi connectivity index (χ0v) is 9.34. The predicted molar refractivity (Wildman–Crippen MR) is 56.7 cm³/mol. The fourth-order valence-corrected chi connectivity index (χ4v) is 2.48. The topological polar surface area (TPSA) is 59.4 Å². The molecule has 0 atom stereocenters. The van der Waals surface area contributed by atoms with E-state index in [0.29, 0.717) is 5.88 Å². The number of carboxylic acids is 1. The average molecular weight is 227 g/mol. The van der Waals surface area contributed by atoms with Gasteiger partial charge in [0.15, 0.2) is 4.88 Å². The molecular weight excluding hydrogens is 214 g/mol. The van der Waals surface area contributed by atoms with Crippen molar-refractivity contribution >= 4 is 17.3 Å². The summed E-state index contributed by atoms with van der Waals surface area (Å²) in [5.41, 5.74) is 0. The number of aromatic carboxylic acids is 1. The number of aromatic nitrogens is 1. The summed E-state index contributed by atoms with van der Waals surface area (Å²) in [7, 11) is 0. The molecule has 4 nitrogen and oxygen atoms in total. The third-order valence-corrected chi connectivity index (χ3v) is 3.42. The lowest BCUT2D eigenvalue weighted by molar-refractivity contribution is 0.0694. The Labute approximate surface area is 91.9 Å². The minimum absolute atomic E-state index is 0.157. The lowest BCUT2D eigenvalue weighted by Gasteiger charge is -2.10. The Hall–Kier alpha value is -1.10. The van der Waals surface area contributed by atoms with E-state index in [1.54, 1.807) is 6.92 Å². The van der Waals surface area contributed by atoms with Crippen LogP contribution in [-0.2, 0) is 0 Å². The molecule has 0 bridgehead atoms. The Balaban J connectivity index is 2.15. The van der Waals surface area contributed by atoms with Gasteiger partial charge in [-0.2, -0.15) is 0 Å². The van der Waals surface area contributed by atoms with Gasteiger partial charge in [-0.3, -0.25) is 0 Å². The Bertz CT molecular complexity index is 369. The molecule has 1 saturated carbocycles. The number of rotatable bonds is 3. The quantitative estimate of drug-likeness (QED) is 0.861. The van der Waals surface area contributed by atoms with Crippen molar-refractivity contribution in [3.05, 3.63) is 9.88 Å². The second-order valence-corrected chi connectivity index (χ2v) is 4.90. The van der Waals surface area contributed by atoms with Crippen LogP contribution in [0.1, 0.15) is 40.4 Å². The van der Waals surface area contributed by atoms with Gasteiger partial charge in [0.2, 0.25) is 5.88 Å². The number of ether oxygens (including phenoxy) is 1. The maximum absolute atomic E-state index is 10.9. The number of hydrogen-bond donors (Lipinski definition) is 1. The molecule has 5 heteroatoms. The van der Waals surface area contributed by atoms with E-state index in [9.17, 15) is 4.79 Å². The van der Waals surface area contributed by atoms with E-state index < -0.39 is 5.97 Å². The summed E-state index contributed by atoms with van der Waals surface area (Å²) < 4.78 is 5.61. The molecule has 1 heterocycles. The largest absolute Gasteiger partial charge is 0.477 e. The summed E-state index contributed by atoms with van der Waals surface area (Å²) in [6.45, 7) is 1.79. The first-order chi connectivity index (χ1) is 7.16. The van der Waals surface area contributed by atoms with Crippen LogP contribution in [0.25, 0.3) is 0 Å². The summed E-state index contributed by atoms with van der Waals surface area (Å²) >= 11 is 1.17. The first-order valence-electron chi connectivity index (χ1n) is 5.04. The smallest absolute Gasteiger partial charge is 0.351 e. The number of thiazole rings is 1. The van der Waals surface area contributed by atoms with Gasteiger partial charge < -0.3 is 9.84 Å². The highest BCUT2D eigenvalue weighted by molar-refractivity contribution is 7.13. The zero-order chi connectivity index (χ0) is 10.8. The number of hydrogen-bond acceptors (Lipinski definition) is 4. The molecule has 0 radical (unpaired) electrons. The Morgan fingerprint density at radius 3 is 2.80 bits per heavy atom. The molecule has 1 aliphatic rings. The second-order valence-electron chi connectivity index (χ2n) is 3.70. The van der Waals surface area contributed by atoms with Crippen LogP contribution in [0.4, 0.5) is 0 Å². The Kier molecular flexibility index (Phi) is 2.90. The standard InChI is InChI=1S/C10H13NO3S/c1-6-11-9(8(15-6)10(12)13)14-7-4-2-3-5-7/h7H,2-5H2,1H3,(H,12,13). The molecule has 0 aromatic carbocycles. The highest BCUT2D eigenvalue weighted by Gasteiger charge is 2.23. The van der Waals surface area contributed by atoms with E-state index in [2.05, 4.69) is 4.98 Å². The van der Waals surface area contributed by atoms with E-state index >= 15 is 0 Å². The lowest BCUT2D eigenvalue weighted by Crippen LogP contribution is -2.13. The van der Waals surface area contributed by atoms with Gasteiger partial charge >= 0.3 is 5.97 Å². The monoisotopic (exact) mass is 227 g/mol. The van der Waals surface area contributed by atoms with Gasteiger partial charge in [0.25, 0.3) is 0 Å². The van der Waals surface area contributed by atoms with E-state index in [0.717, 1.165) is 30.7 Å². The Morgan fingerprint density at radius 1 is 1.53 bits per heavy atom. The molecule has 0 amide bonds. The lowest BCUT2D eigenvalue weighted by atomic mass is 10.3. The van der Waals surface area contributed by atoms with Crippen LogP contribution < -0.4 is 4.74 Å². The fourth-order valence-electron chi connectivity index (χ4n) is 1.79. The van der Waals surface area contributed by atoms with Gasteiger partial charge in [-0.25, -0.2) is 9.78 Å². The van der Waals surface area contributed by atoms with Crippen molar-refractivity contribution in [3.63, 3.8) is 0 Å². The molecule has 1 aliphatic carbocycles. The summed E-state index contributed by atoms with van der Waals surface area (Å²) in [5.74, 6) is -0.648. The molecule has 0 spiro atoms. The SMILES string of the molecule is Cc1nc(OC2CCCC2)c(C(=O)O)s1. The molecule has 1 aromatic rings. The van der Waals surface area contributed by atoms with Crippen molar-refractivity contribution in [3.8, 4) is 5.88 Å². The average Bonchev–Trinajstić information content (AvgIpc) is 2.75. The van der Waals surface area contributed by atoms with Gasteiger partial charge in [-0.15, -0.1) is 11.3 Å². The molecule has 82 valence electrons. The molecule has 1 fully saturated rings. The van der Waals surface area contributed by atoms with Crippen LogP contribution in [-0.4, -0.2) is 22.2 Å². The minimum atomic E-state index is -0.950. The van der Waals surface area contributed by atoms with E-state index in [1.165, 1.54) is 11.3 Å². The van der Waals surface area contributed by atoms with Crippen molar-refractivity contribution in [2.45, 2.75) is 38.7 Å². The number of nitrogens with zero attached hydrogens (tertiary/aromatic N) is 1. The number of carboxylic acid groups (broad SMARTS) is 1. The van der Waals surface area contributed by atoms with Gasteiger partial charge in [0, 0.05) is 0 Å². The van der Waals surface area contributed by atoms with Crippen molar-refractivity contribution < 1.29 is 14.6 Å². The maximum atomic E-state index is 10.9. The molecule has 2 rings (SSSR count). The summed E-state index contributed by atoms with van der Waals surface area (Å²) in [4.78, 5) is 15.2. The second kappa shape index (κ2) is 4.18. The van der Waals surface area contributed by atoms with E-state index in [1.807, 2.05) is 0 Å². The summed E-state index contributed by atoms with van der Waals surface area (Å²) in [6.07, 6.45) is 4.50. The van der Waals surface area contributed by atoms with Gasteiger partial charge in [0.1, 0.15) is 6.10 Å². The predicted octanol–water partition coefficient (Wildman–Crippen LogP) is 2.47. The van der Waals surface area contributed by atoms with Crippen LogP contribution in [0.15, 0.2) is 0 Å². The van der Waals surface area contributed by atoms with Crippen LogP contribution in [0.3, 0.4) is 0 Å². The van der Waals surface area contributed by atoms with Gasteiger partial charge in [0.05, 0.1) is 5.01 Å². The first-order valence-corrected chi connectivity index (χ1v) is 5.86. The minimum Gasteiger partial charge on any atom is -0.477 e. The highest BCUT2D eigenvalue weighted by atomic mass is 32.1. The zero-order valence-electron chi connectivity index (χ0n) is 8.52. The molecule has 0 aliphatic heterocycles. The molecule has 0 saturated heterocycles.